The molecule has 0 atom stereocenters. The zero-order valence-electron chi connectivity index (χ0n) is 12.4. The highest BCUT2D eigenvalue weighted by Crippen LogP contribution is 2.47. The van der Waals surface area contributed by atoms with E-state index in [0.717, 1.165) is 25.5 Å². The van der Waals surface area contributed by atoms with Crippen LogP contribution in [-0.2, 0) is 4.74 Å². The van der Waals surface area contributed by atoms with E-state index in [4.69, 9.17) is 10.5 Å². The summed E-state index contributed by atoms with van der Waals surface area (Å²) in [5.74, 6) is 1.04. The molecule has 3 nitrogen and oxygen atoms in total. The molecule has 106 valence electrons. The van der Waals surface area contributed by atoms with Gasteiger partial charge in [-0.15, -0.1) is 0 Å². The van der Waals surface area contributed by atoms with Crippen molar-refractivity contribution in [1.82, 2.24) is 4.90 Å². The molecule has 2 rings (SSSR count). The summed E-state index contributed by atoms with van der Waals surface area (Å²) in [6.07, 6.45) is 8.79. The quantitative estimate of drug-likeness (QED) is 0.831. The van der Waals surface area contributed by atoms with E-state index in [1.165, 1.54) is 24.0 Å². The molecule has 2 aliphatic heterocycles. The normalized spacial score (nSPS) is 28.3. The van der Waals surface area contributed by atoms with E-state index >= 15 is 0 Å². The summed E-state index contributed by atoms with van der Waals surface area (Å²) in [7, 11) is 2.20. The smallest absolute Gasteiger partial charge is 0.122 e. The second kappa shape index (κ2) is 5.93. The van der Waals surface area contributed by atoms with Crippen molar-refractivity contribution < 1.29 is 4.74 Å². The van der Waals surface area contributed by atoms with E-state index in [9.17, 15) is 0 Å². The molecule has 2 saturated heterocycles. The average molecular weight is 262 g/mol. The van der Waals surface area contributed by atoms with Crippen LogP contribution >= 0.6 is 0 Å². The Bertz CT molecular complexity index is 412. The number of piperidine rings is 1. The standard InChI is InChI=1S/C16H26N2O/c1-4-14-15(6-5-13(2)11-17)19-12-16(14)7-9-18(3)10-8-16/h4-6H,7-12,17H2,1-3H3/b13-5+,14-4+,15-6+. The van der Waals surface area contributed by atoms with Crippen LogP contribution in [0.4, 0.5) is 0 Å². The number of hydrogen-bond acceptors (Lipinski definition) is 3. The molecule has 0 amide bonds. The van der Waals surface area contributed by atoms with Crippen LogP contribution in [0.15, 0.2) is 35.1 Å². The van der Waals surface area contributed by atoms with Crippen LogP contribution in [0.3, 0.4) is 0 Å². The molecule has 19 heavy (non-hydrogen) atoms. The van der Waals surface area contributed by atoms with Gasteiger partial charge in [-0.1, -0.05) is 17.7 Å². The fraction of sp³-hybridized carbons (Fsp3) is 0.625. The summed E-state index contributed by atoms with van der Waals surface area (Å²) in [6.45, 7) is 7.92. The lowest BCUT2D eigenvalue weighted by atomic mass is 9.73. The Morgan fingerprint density at radius 3 is 2.68 bits per heavy atom. The third-order valence-corrected chi connectivity index (χ3v) is 4.41. The van der Waals surface area contributed by atoms with Crippen molar-refractivity contribution in [2.45, 2.75) is 26.7 Å². The zero-order chi connectivity index (χ0) is 13.9. The van der Waals surface area contributed by atoms with Gasteiger partial charge in [0.2, 0.25) is 0 Å². The molecule has 0 aromatic rings. The first-order valence-corrected chi connectivity index (χ1v) is 7.17. The molecule has 1 spiro atoms. The van der Waals surface area contributed by atoms with Crippen LogP contribution in [0.25, 0.3) is 0 Å². The summed E-state index contributed by atoms with van der Waals surface area (Å²) >= 11 is 0. The van der Waals surface area contributed by atoms with Crippen molar-refractivity contribution in [3.63, 3.8) is 0 Å². The second-order valence-electron chi connectivity index (χ2n) is 5.82. The Morgan fingerprint density at radius 1 is 1.42 bits per heavy atom. The molecular formula is C16H26N2O. The SMILES string of the molecule is C\C=C1/C(=C\C=C(/C)CN)OCC12CCN(C)CC2. The fourth-order valence-electron chi connectivity index (χ4n) is 2.97. The van der Waals surface area contributed by atoms with Crippen LogP contribution in [0.2, 0.25) is 0 Å². The number of rotatable bonds is 2. The van der Waals surface area contributed by atoms with Crippen LogP contribution < -0.4 is 5.73 Å². The first kappa shape index (κ1) is 14.4. The topological polar surface area (TPSA) is 38.5 Å². The molecule has 2 aliphatic rings. The molecule has 2 fully saturated rings. The van der Waals surface area contributed by atoms with Crippen molar-refractivity contribution in [3.05, 3.63) is 35.1 Å². The largest absolute Gasteiger partial charge is 0.492 e. The maximum Gasteiger partial charge on any atom is 0.122 e. The van der Waals surface area contributed by atoms with Gasteiger partial charge in [0.1, 0.15) is 5.76 Å². The monoisotopic (exact) mass is 262 g/mol. The zero-order valence-corrected chi connectivity index (χ0v) is 12.4. The van der Waals surface area contributed by atoms with Gasteiger partial charge in [-0.3, -0.25) is 0 Å². The lowest BCUT2D eigenvalue weighted by Crippen LogP contribution is -2.39. The van der Waals surface area contributed by atoms with Gasteiger partial charge < -0.3 is 15.4 Å². The fourth-order valence-corrected chi connectivity index (χ4v) is 2.97. The van der Waals surface area contributed by atoms with E-state index in [1.807, 2.05) is 6.92 Å². The van der Waals surface area contributed by atoms with Crippen LogP contribution in [0.5, 0.6) is 0 Å². The highest BCUT2D eigenvalue weighted by Gasteiger charge is 2.44. The third-order valence-electron chi connectivity index (χ3n) is 4.41. The van der Waals surface area contributed by atoms with Crippen molar-refractivity contribution >= 4 is 0 Å². The van der Waals surface area contributed by atoms with E-state index in [-0.39, 0.29) is 5.41 Å². The first-order valence-electron chi connectivity index (χ1n) is 7.17. The van der Waals surface area contributed by atoms with Gasteiger partial charge >= 0.3 is 0 Å². The minimum absolute atomic E-state index is 0.248. The Labute approximate surface area is 116 Å². The Kier molecular flexibility index (Phi) is 4.48. The Morgan fingerprint density at radius 2 is 2.11 bits per heavy atom. The van der Waals surface area contributed by atoms with Gasteiger partial charge in [-0.05, 0) is 58.5 Å². The number of ether oxygens (including phenoxy) is 1. The summed E-state index contributed by atoms with van der Waals surface area (Å²) in [5.41, 5.74) is 8.43. The molecule has 2 N–H and O–H groups in total. The van der Waals surface area contributed by atoms with Crippen molar-refractivity contribution in [2.24, 2.45) is 11.1 Å². The maximum atomic E-state index is 5.97. The first-order chi connectivity index (χ1) is 9.11. The van der Waals surface area contributed by atoms with Crippen molar-refractivity contribution in [3.8, 4) is 0 Å². The molecule has 0 aromatic heterocycles. The highest BCUT2D eigenvalue weighted by atomic mass is 16.5. The van der Waals surface area contributed by atoms with Crippen LogP contribution in [-0.4, -0.2) is 38.2 Å². The number of nitrogens with two attached hydrogens (primary N) is 1. The number of allylic oxidation sites excluding steroid dienone is 4. The van der Waals surface area contributed by atoms with Gasteiger partial charge in [0, 0.05) is 12.0 Å². The molecule has 2 heterocycles. The van der Waals surface area contributed by atoms with Gasteiger partial charge in [0.25, 0.3) is 0 Å². The number of hydrogen-bond donors (Lipinski definition) is 1. The lowest BCUT2D eigenvalue weighted by molar-refractivity contribution is 0.112. The average Bonchev–Trinajstić information content (AvgIpc) is 2.77. The summed E-state index contributed by atoms with van der Waals surface area (Å²) in [5, 5.41) is 0. The van der Waals surface area contributed by atoms with Crippen molar-refractivity contribution in [1.29, 1.82) is 0 Å². The summed E-state index contributed by atoms with van der Waals surface area (Å²) in [6, 6.07) is 0. The van der Waals surface area contributed by atoms with E-state index in [2.05, 4.69) is 37.1 Å². The highest BCUT2D eigenvalue weighted by molar-refractivity contribution is 5.39. The van der Waals surface area contributed by atoms with E-state index in [1.54, 1.807) is 0 Å². The Hall–Kier alpha value is -1.06. The molecule has 0 aliphatic carbocycles. The minimum Gasteiger partial charge on any atom is -0.492 e. The van der Waals surface area contributed by atoms with Crippen LogP contribution in [0, 0.1) is 5.41 Å². The molecule has 0 bridgehead atoms. The molecule has 3 heteroatoms. The maximum absolute atomic E-state index is 5.97. The minimum atomic E-state index is 0.248. The predicted molar refractivity (Wildman–Crippen MR) is 79.8 cm³/mol. The number of likely N-dealkylation sites (tertiary alicyclic amines) is 1. The van der Waals surface area contributed by atoms with Gasteiger partial charge in [0.15, 0.2) is 0 Å². The summed E-state index contributed by atoms with van der Waals surface area (Å²) < 4.78 is 5.97. The predicted octanol–water partition coefficient (Wildman–Crippen LogP) is 2.46. The van der Waals surface area contributed by atoms with E-state index < -0.39 is 0 Å². The third kappa shape index (κ3) is 2.93. The molecule has 0 aromatic carbocycles. The molecule has 0 unspecified atom stereocenters. The van der Waals surface area contributed by atoms with Crippen LogP contribution in [0.1, 0.15) is 26.7 Å². The lowest BCUT2D eigenvalue weighted by Gasteiger charge is -2.36. The van der Waals surface area contributed by atoms with Gasteiger partial charge in [0.05, 0.1) is 6.61 Å². The van der Waals surface area contributed by atoms with Gasteiger partial charge in [-0.25, -0.2) is 0 Å². The number of nitrogens with zero attached hydrogens (tertiary/aromatic N) is 1. The van der Waals surface area contributed by atoms with Crippen molar-refractivity contribution in [2.75, 3.05) is 33.3 Å². The molecular weight excluding hydrogens is 236 g/mol. The summed E-state index contributed by atoms with van der Waals surface area (Å²) in [4.78, 5) is 2.40. The Balaban J connectivity index is 2.19. The second-order valence-corrected chi connectivity index (χ2v) is 5.82. The van der Waals surface area contributed by atoms with E-state index in [0.29, 0.717) is 6.54 Å². The molecule has 0 saturated carbocycles. The molecule has 0 radical (unpaired) electrons. The van der Waals surface area contributed by atoms with Gasteiger partial charge in [-0.2, -0.15) is 0 Å².